The third-order valence-corrected chi connectivity index (χ3v) is 4.66. The molecule has 2 rings (SSSR count). The normalized spacial score (nSPS) is 27.1. The SMILES string of the molecule is O=C(O)CC1CCCN1S(=O)(=O)NC1CC1. The van der Waals surface area contributed by atoms with Crippen LogP contribution in [0.3, 0.4) is 0 Å². The van der Waals surface area contributed by atoms with Gasteiger partial charge in [0.25, 0.3) is 10.2 Å². The van der Waals surface area contributed by atoms with Crippen molar-refractivity contribution >= 4 is 16.2 Å². The highest BCUT2D eigenvalue weighted by atomic mass is 32.2. The molecule has 0 spiro atoms. The summed E-state index contributed by atoms with van der Waals surface area (Å²) >= 11 is 0. The van der Waals surface area contributed by atoms with E-state index in [1.165, 1.54) is 4.31 Å². The zero-order valence-electron chi connectivity index (χ0n) is 8.92. The molecule has 0 bridgehead atoms. The number of nitrogens with zero attached hydrogens (tertiary/aromatic N) is 1. The zero-order chi connectivity index (χ0) is 11.8. The number of carboxylic acid groups (broad SMARTS) is 1. The van der Waals surface area contributed by atoms with Crippen LogP contribution in [0, 0.1) is 0 Å². The zero-order valence-corrected chi connectivity index (χ0v) is 9.74. The van der Waals surface area contributed by atoms with E-state index >= 15 is 0 Å². The van der Waals surface area contributed by atoms with Gasteiger partial charge in [0.1, 0.15) is 0 Å². The van der Waals surface area contributed by atoms with Crippen LogP contribution in [0.25, 0.3) is 0 Å². The quantitative estimate of drug-likeness (QED) is 0.712. The number of aliphatic carboxylic acids is 1. The van der Waals surface area contributed by atoms with E-state index in [2.05, 4.69) is 4.72 Å². The monoisotopic (exact) mass is 248 g/mol. The minimum Gasteiger partial charge on any atom is -0.481 e. The van der Waals surface area contributed by atoms with Gasteiger partial charge in [0, 0.05) is 18.6 Å². The number of carbonyl (C=O) groups is 1. The average molecular weight is 248 g/mol. The second-order valence-corrected chi connectivity index (χ2v) is 6.06. The van der Waals surface area contributed by atoms with Crippen LogP contribution in [-0.4, -0.2) is 42.4 Å². The van der Waals surface area contributed by atoms with Crippen LogP contribution >= 0.6 is 0 Å². The predicted molar refractivity (Wildman–Crippen MR) is 57.1 cm³/mol. The maximum absolute atomic E-state index is 11.9. The molecule has 1 saturated carbocycles. The van der Waals surface area contributed by atoms with Crippen molar-refractivity contribution in [2.24, 2.45) is 0 Å². The molecular formula is C9H16N2O4S. The highest BCUT2D eigenvalue weighted by molar-refractivity contribution is 7.87. The molecule has 2 aliphatic rings. The Morgan fingerprint density at radius 2 is 2.06 bits per heavy atom. The van der Waals surface area contributed by atoms with Crippen molar-refractivity contribution in [1.29, 1.82) is 0 Å². The minimum absolute atomic E-state index is 0.0658. The number of hydrogen-bond acceptors (Lipinski definition) is 3. The Balaban J connectivity index is 2.02. The van der Waals surface area contributed by atoms with Gasteiger partial charge in [-0.1, -0.05) is 0 Å². The Labute approximate surface area is 94.8 Å². The molecule has 0 aromatic carbocycles. The molecule has 16 heavy (non-hydrogen) atoms. The average Bonchev–Trinajstić information content (AvgIpc) is 2.80. The van der Waals surface area contributed by atoms with Gasteiger partial charge in [0.05, 0.1) is 6.42 Å². The fraction of sp³-hybridized carbons (Fsp3) is 0.889. The summed E-state index contributed by atoms with van der Waals surface area (Å²) in [6.07, 6.45) is 3.04. The van der Waals surface area contributed by atoms with E-state index < -0.39 is 16.2 Å². The lowest BCUT2D eigenvalue weighted by atomic mass is 10.2. The van der Waals surface area contributed by atoms with E-state index in [1.54, 1.807) is 0 Å². The van der Waals surface area contributed by atoms with E-state index in [0.717, 1.165) is 19.3 Å². The van der Waals surface area contributed by atoms with Gasteiger partial charge in [-0.15, -0.1) is 0 Å². The van der Waals surface area contributed by atoms with E-state index in [-0.39, 0.29) is 18.5 Å². The molecule has 7 heteroatoms. The van der Waals surface area contributed by atoms with Crippen molar-refractivity contribution in [2.75, 3.05) is 6.54 Å². The van der Waals surface area contributed by atoms with E-state index in [0.29, 0.717) is 13.0 Å². The van der Waals surface area contributed by atoms with Crippen LogP contribution in [0.1, 0.15) is 32.1 Å². The summed E-state index contributed by atoms with van der Waals surface area (Å²) < 4.78 is 27.7. The van der Waals surface area contributed by atoms with E-state index in [1.807, 2.05) is 0 Å². The highest BCUT2D eigenvalue weighted by Crippen LogP contribution is 2.26. The summed E-state index contributed by atoms with van der Waals surface area (Å²) in [5, 5.41) is 8.71. The number of carboxylic acids is 1. The second kappa shape index (κ2) is 4.31. The summed E-state index contributed by atoms with van der Waals surface area (Å²) in [5.41, 5.74) is 0. The van der Waals surface area contributed by atoms with Crippen LogP contribution in [-0.2, 0) is 15.0 Å². The number of nitrogens with one attached hydrogen (secondary N) is 1. The number of rotatable bonds is 5. The Morgan fingerprint density at radius 3 is 2.62 bits per heavy atom. The van der Waals surface area contributed by atoms with Crippen molar-refractivity contribution in [3.8, 4) is 0 Å². The first-order chi connectivity index (χ1) is 7.49. The topological polar surface area (TPSA) is 86.7 Å². The molecule has 6 nitrogen and oxygen atoms in total. The lowest BCUT2D eigenvalue weighted by Gasteiger charge is -2.22. The van der Waals surface area contributed by atoms with Gasteiger partial charge in [-0.2, -0.15) is 17.4 Å². The summed E-state index contributed by atoms with van der Waals surface area (Å²) in [6, 6.07) is -0.315. The van der Waals surface area contributed by atoms with Crippen LogP contribution < -0.4 is 4.72 Å². The first-order valence-electron chi connectivity index (χ1n) is 5.50. The molecule has 0 radical (unpaired) electrons. The van der Waals surface area contributed by atoms with Crippen molar-refractivity contribution in [2.45, 2.75) is 44.2 Å². The van der Waals surface area contributed by atoms with Gasteiger partial charge in [-0.3, -0.25) is 4.79 Å². The lowest BCUT2D eigenvalue weighted by molar-refractivity contribution is -0.137. The molecule has 2 N–H and O–H groups in total. The van der Waals surface area contributed by atoms with Gasteiger partial charge in [0.2, 0.25) is 0 Å². The molecule has 0 amide bonds. The molecular weight excluding hydrogens is 232 g/mol. The minimum atomic E-state index is -3.47. The Morgan fingerprint density at radius 1 is 1.38 bits per heavy atom. The third-order valence-electron chi connectivity index (χ3n) is 2.94. The fourth-order valence-electron chi connectivity index (χ4n) is 2.01. The Bertz CT molecular complexity index is 377. The smallest absolute Gasteiger partial charge is 0.304 e. The molecule has 1 unspecified atom stereocenters. The van der Waals surface area contributed by atoms with E-state index in [9.17, 15) is 13.2 Å². The maximum atomic E-state index is 11.9. The standard InChI is InChI=1S/C9H16N2O4S/c12-9(13)6-8-2-1-5-11(8)16(14,15)10-7-3-4-7/h7-8,10H,1-6H2,(H,12,13). The summed E-state index contributed by atoms with van der Waals surface area (Å²) in [6.45, 7) is 0.431. The molecule has 0 aromatic heterocycles. The van der Waals surface area contributed by atoms with Gasteiger partial charge in [-0.05, 0) is 25.7 Å². The first kappa shape index (κ1) is 11.8. The Hall–Kier alpha value is -0.660. The van der Waals surface area contributed by atoms with Crippen LogP contribution in [0.5, 0.6) is 0 Å². The van der Waals surface area contributed by atoms with Gasteiger partial charge in [0.15, 0.2) is 0 Å². The van der Waals surface area contributed by atoms with E-state index in [4.69, 9.17) is 5.11 Å². The fourth-order valence-corrected chi connectivity index (χ4v) is 3.74. The first-order valence-corrected chi connectivity index (χ1v) is 6.94. The van der Waals surface area contributed by atoms with Gasteiger partial charge >= 0.3 is 5.97 Å². The van der Waals surface area contributed by atoms with Crippen LogP contribution in [0.15, 0.2) is 0 Å². The van der Waals surface area contributed by atoms with Crippen LogP contribution in [0.4, 0.5) is 0 Å². The third kappa shape index (κ3) is 2.72. The molecule has 1 aliphatic carbocycles. The highest BCUT2D eigenvalue weighted by Gasteiger charge is 2.38. The molecule has 1 aliphatic heterocycles. The van der Waals surface area contributed by atoms with Crippen molar-refractivity contribution in [1.82, 2.24) is 9.03 Å². The largest absolute Gasteiger partial charge is 0.481 e. The molecule has 0 aromatic rings. The second-order valence-electron chi connectivity index (χ2n) is 4.40. The summed E-state index contributed by atoms with van der Waals surface area (Å²) in [5.74, 6) is -0.946. The molecule has 1 atom stereocenters. The van der Waals surface area contributed by atoms with Crippen LogP contribution in [0.2, 0.25) is 0 Å². The van der Waals surface area contributed by atoms with Gasteiger partial charge in [-0.25, -0.2) is 0 Å². The molecule has 2 fully saturated rings. The predicted octanol–water partition coefficient (Wildman–Crippen LogP) is -0.0777. The molecule has 1 heterocycles. The Kier molecular flexibility index (Phi) is 3.18. The summed E-state index contributed by atoms with van der Waals surface area (Å²) in [7, 11) is -3.47. The molecule has 1 saturated heterocycles. The maximum Gasteiger partial charge on any atom is 0.304 e. The van der Waals surface area contributed by atoms with Crippen molar-refractivity contribution in [3.05, 3.63) is 0 Å². The van der Waals surface area contributed by atoms with Crippen molar-refractivity contribution in [3.63, 3.8) is 0 Å². The number of hydrogen-bond donors (Lipinski definition) is 2. The molecule has 92 valence electrons. The van der Waals surface area contributed by atoms with Gasteiger partial charge < -0.3 is 5.11 Å². The summed E-state index contributed by atoms with van der Waals surface area (Å²) in [4.78, 5) is 10.6. The van der Waals surface area contributed by atoms with Crippen molar-refractivity contribution < 1.29 is 18.3 Å². The lowest BCUT2D eigenvalue weighted by Crippen LogP contribution is -2.44.